The van der Waals surface area contributed by atoms with E-state index < -0.39 is 0 Å². The van der Waals surface area contributed by atoms with Gasteiger partial charge >= 0.3 is 0 Å². The lowest BCUT2D eigenvalue weighted by Crippen LogP contribution is -2.01. The average Bonchev–Trinajstić information content (AvgIpc) is 3.21. The topological polar surface area (TPSA) is 47.2 Å². The van der Waals surface area contributed by atoms with E-state index in [1.165, 1.54) is 5.69 Å². The predicted molar refractivity (Wildman–Crippen MR) is 90.8 cm³/mol. The van der Waals surface area contributed by atoms with E-state index in [9.17, 15) is 0 Å². The molecule has 4 rings (SSSR count). The maximum atomic E-state index is 4.62. The second-order valence-electron chi connectivity index (χ2n) is 5.46. The first kappa shape index (κ1) is 13.6. The second-order valence-corrected chi connectivity index (χ2v) is 5.46. The number of hydrogen-bond donors (Lipinski definition) is 1. The van der Waals surface area contributed by atoms with Crippen LogP contribution in [0.3, 0.4) is 0 Å². The van der Waals surface area contributed by atoms with Crippen molar-refractivity contribution < 1.29 is 0 Å². The van der Waals surface area contributed by atoms with Crippen molar-refractivity contribution >= 4 is 11.5 Å². The molecule has 0 aliphatic rings. The summed E-state index contributed by atoms with van der Waals surface area (Å²) in [4.78, 5) is 4.62. The van der Waals surface area contributed by atoms with Crippen LogP contribution >= 0.6 is 0 Å². The van der Waals surface area contributed by atoms with Gasteiger partial charge in [-0.1, -0.05) is 24.3 Å². The fourth-order valence-electron chi connectivity index (χ4n) is 2.61. The molecule has 3 aromatic heterocycles. The van der Waals surface area contributed by atoms with Gasteiger partial charge in [0.25, 0.3) is 0 Å². The molecule has 0 atom stereocenters. The summed E-state index contributed by atoms with van der Waals surface area (Å²) in [7, 11) is 0. The zero-order valence-corrected chi connectivity index (χ0v) is 12.8. The first-order valence-electron chi connectivity index (χ1n) is 7.58. The summed E-state index contributed by atoms with van der Waals surface area (Å²) in [6.45, 7) is 2.72. The summed E-state index contributed by atoms with van der Waals surface area (Å²) < 4.78 is 3.95. The highest BCUT2D eigenvalue weighted by molar-refractivity contribution is 5.43. The molecular weight excluding hydrogens is 286 g/mol. The molecule has 1 aromatic carbocycles. The Morgan fingerprint density at radius 2 is 1.87 bits per heavy atom. The quantitative estimate of drug-likeness (QED) is 0.628. The number of aryl methyl sites for hydroxylation is 1. The van der Waals surface area contributed by atoms with Crippen LogP contribution in [0.15, 0.2) is 67.0 Å². The lowest BCUT2D eigenvalue weighted by Gasteiger charge is -2.01. The molecule has 0 spiro atoms. The van der Waals surface area contributed by atoms with Crippen molar-refractivity contribution in [2.45, 2.75) is 13.5 Å². The molecule has 5 heteroatoms. The number of nitrogens with one attached hydrogen (secondary N) is 1. The normalized spacial score (nSPS) is 11.0. The number of pyridine rings is 1. The number of aromatic nitrogens is 4. The van der Waals surface area contributed by atoms with Gasteiger partial charge in [0.2, 0.25) is 0 Å². The highest BCUT2D eigenvalue weighted by atomic mass is 15.3. The van der Waals surface area contributed by atoms with E-state index in [4.69, 9.17) is 0 Å². The van der Waals surface area contributed by atoms with E-state index in [0.29, 0.717) is 6.54 Å². The van der Waals surface area contributed by atoms with Gasteiger partial charge in [-0.15, -0.1) is 0 Å². The molecule has 0 amide bonds. The van der Waals surface area contributed by atoms with Gasteiger partial charge in [0.15, 0.2) is 0 Å². The lowest BCUT2D eigenvalue weighted by atomic mass is 10.3. The molecule has 0 saturated heterocycles. The number of imidazole rings is 1. The predicted octanol–water partition coefficient (Wildman–Crippen LogP) is 3.44. The van der Waals surface area contributed by atoms with E-state index in [0.717, 1.165) is 22.8 Å². The molecule has 5 nitrogen and oxygen atoms in total. The molecule has 23 heavy (non-hydrogen) atoms. The summed E-state index contributed by atoms with van der Waals surface area (Å²) in [6, 6.07) is 18.1. The Morgan fingerprint density at radius 3 is 2.70 bits per heavy atom. The van der Waals surface area contributed by atoms with Gasteiger partial charge < -0.3 is 9.72 Å². The molecule has 0 fully saturated rings. The first-order valence-corrected chi connectivity index (χ1v) is 7.58. The average molecular weight is 303 g/mol. The summed E-state index contributed by atoms with van der Waals surface area (Å²) in [5, 5.41) is 7.86. The molecule has 0 saturated carbocycles. The van der Waals surface area contributed by atoms with E-state index in [2.05, 4.69) is 39.0 Å². The van der Waals surface area contributed by atoms with Crippen LogP contribution in [0, 0.1) is 6.92 Å². The van der Waals surface area contributed by atoms with E-state index in [1.54, 1.807) is 0 Å². The van der Waals surface area contributed by atoms with Crippen LogP contribution in [0.1, 0.15) is 11.4 Å². The minimum absolute atomic E-state index is 0.646. The smallest absolute Gasteiger partial charge is 0.148 e. The Morgan fingerprint density at radius 1 is 1.00 bits per heavy atom. The number of rotatable bonds is 4. The maximum absolute atomic E-state index is 4.62. The van der Waals surface area contributed by atoms with Crippen molar-refractivity contribution in [2.24, 2.45) is 0 Å². The summed E-state index contributed by atoms with van der Waals surface area (Å²) in [5.74, 6) is 0.836. The van der Waals surface area contributed by atoms with Crippen molar-refractivity contribution in [3.8, 4) is 5.69 Å². The second kappa shape index (κ2) is 5.61. The highest BCUT2D eigenvalue weighted by Crippen LogP contribution is 2.12. The van der Waals surface area contributed by atoms with Gasteiger partial charge in [-0.2, -0.15) is 5.10 Å². The van der Waals surface area contributed by atoms with Gasteiger partial charge in [-0.25, -0.2) is 9.67 Å². The number of fused-ring (bicyclic) bond motifs is 1. The van der Waals surface area contributed by atoms with Crippen LogP contribution in [0.5, 0.6) is 0 Å². The van der Waals surface area contributed by atoms with Crippen LogP contribution < -0.4 is 5.32 Å². The van der Waals surface area contributed by atoms with Crippen LogP contribution in [0.2, 0.25) is 0 Å². The Labute approximate surface area is 134 Å². The van der Waals surface area contributed by atoms with Crippen LogP contribution in [0.4, 0.5) is 5.82 Å². The molecule has 0 bridgehead atoms. The third-order valence-electron chi connectivity index (χ3n) is 3.81. The van der Waals surface area contributed by atoms with Crippen molar-refractivity contribution in [2.75, 3.05) is 5.32 Å². The largest absolute Gasteiger partial charge is 0.363 e. The number of anilines is 1. The molecule has 114 valence electrons. The minimum atomic E-state index is 0.646. The molecule has 3 heterocycles. The zero-order valence-electron chi connectivity index (χ0n) is 12.8. The van der Waals surface area contributed by atoms with Gasteiger partial charge in [0, 0.05) is 24.2 Å². The fourth-order valence-corrected chi connectivity index (χ4v) is 2.61. The van der Waals surface area contributed by atoms with Gasteiger partial charge in [-0.05, 0) is 31.2 Å². The zero-order chi connectivity index (χ0) is 15.6. The van der Waals surface area contributed by atoms with Crippen LogP contribution in [-0.2, 0) is 6.54 Å². The van der Waals surface area contributed by atoms with Gasteiger partial charge in [-0.3, -0.25) is 0 Å². The lowest BCUT2D eigenvalue weighted by molar-refractivity contribution is 0.876. The first-order chi connectivity index (χ1) is 11.3. The standard InChI is InChI=1S/C18H17N5/c1-14-6-5-9-18-20-15(13-22(14)18)12-19-17-10-11-23(21-17)16-7-3-2-4-8-16/h2-11,13H,12H2,1H3,(H,19,21). The molecule has 0 radical (unpaired) electrons. The number of nitrogens with zero attached hydrogens (tertiary/aromatic N) is 4. The SMILES string of the molecule is Cc1cccc2nc(CNc3ccn(-c4ccccc4)n3)cn12. The van der Waals surface area contributed by atoms with Gasteiger partial charge in [0.05, 0.1) is 17.9 Å². The third kappa shape index (κ3) is 2.68. The van der Waals surface area contributed by atoms with E-state index in [-0.39, 0.29) is 0 Å². The molecular formula is C18H17N5. The van der Waals surface area contributed by atoms with Gasteiger partial charge in [0.1, 0.15) is 11.5 Å². The van der Waals surface area contributed by atoms with Crippen LogP contribution in [0.25, 0.3) is 11.3 Å². The number of benzene rings is 1. The van der Waals surface area contributed by atoms with E-state index in [1.807, 2.05) is 59.4 Å². The monoisotopic (exact) mass is 303 g/mol. The third-order valence-corrected chi connectivity index (χ3v) is 3.81. The Bertz CT molecular complexity index is 936. The molecule has 1 N–H and O–H groups in total. The Balaban J connectivity index is 1.50. The van der Waals surface area contributed by atoms with Crippen molar-refractivity contribution in [3.63, 3.8) is 0 Å². The van der Waals surface area contributed by atoms with Crippen molar-refractivity contribution in [1.82, 2.24) is 19.2 Å². The molecule has 4 aromatic rings. The number of para-hydroxylation sites is 1. The highest BCUT2D eigenvalue weighted by Gasteiger charge is 2.05. The summed E-state index contributed by atoms with van der Waals surface area (Å²) >= 11 is 0. The van der Waals surface area contributed by atoms with Crippen molar-refractivity contribution in [3.05, 3.63) is 78.4 Å². The van der Waals surface area contributed by atoms with E-state index >= 15 is 0 Å². The number of hydrogen-bond acceptors (Lipinski definition) is 3. The minimum Gasteiger partial charge on any atom is -0.363 e. The van der Waals surface area contributed by atoms with Crippen LogP contribution in [-0.4, -0.2) is 19.2 Å². The maximum Gasteiger partial charge on any atom is 0.148 e. The Hall–Kier alpha value is -3.08. The fraction of sp³-hybridized carbons (Fsp3) is 0.111. The summed E-state index contributed by atoms with van der Waals surface area (Å²) in [5.41, 5.74) is 4.18. The molecule has 0 unspecified atom stereocenters. The Kier molecular flexibility index (Phi) is 3.31. The van der Waals surface area contributed by atoms with Crippen molar-refractivity contribution in [1.29, 1.82) is 0 Å². The molecule has 0 aliphatic carbocycles. The summed E-state index contributed by atoms with van der Waals surface area (Å²) in [6.07, 6.45) is 4.01. The molecule has 0 aliphatic heterocycles.